The van der Waals surface area contributed by atoms with Gasteiger partial charge in [0, 0.05) is 17.6 Å². The summed E-state index contributed by atoms with van der Waals surface area (Å²) in [5, 5.41) is 4.63. The van der Waals surface area contributed by atoms with Crippen molar-refractivity contribution in [3.63, 3.8) is 0 Å². The average molecular weight is 619 g/mol. The number of amides is 3. The zero-order valence-corrected chi connectivity index (χ0v) is 23.6. The van der Waals surface area contributed by atoms with Crippen molar-refractivity contribution in [2.45, 2.75) is 17.7 Å². The number of carbonyl (C=O) groups is 3. The molecule has 2 heterocycles. The van der Waals surface area contributed by atoms with Gasteiger partial charge < -0.3 is 5.32 Å². The van der Waals surface area contributed by atoms with Gasteiger partial charge in [-0.15, -0.1) is 0 Å². The number of halogens is 1. The standard InChI is InChI=1S/C30H24BrN3O5S/c31-22-12-14-24-25(17-22)30(37)34(29(24)36)27-10-4-3-9-26(27)32-28(35)21-8-5-15-33(18-21)40(38,39)23-13-11-19-6-1-2-7-20(19)16-23/h1-4,6-7,9-14,16-17,21H,5,8,15,18H2,(H,32,35). The van der Waals surface area contributed by atoms with Gasteiger partial charge in [0.1, 0.15) is 0 Å². The van der Waals surface area contributed by atoms with Crippen LogP contribution in [0.5, 0.6) is 0 Å². The van der Waals surface area contributed by atoms with Crippen molar-refractivity contribution < 1.29 is 22.8 Å². The van der Waals surface area contributed by atoms with Crippen LogP contribution in [0.2, 0.25) is 0 Å². The van der Waals surface area contributed by atoms with E-state index in [0.717, 1.165) is 15.7 Å². The third-order valence-electron chi connectivity index (χ3n) is 7.37. The topological polar surface area (TPSA) is 104 Å². The summed E-state index contributed by atoms with van der Waals surface area (Å²) in [7, 11) is -3.81. The third kappa shape index (κ3) is 4.61. The summed E-state index contributed by atoms with van der Waals surface area (Å²) < 4.78 is 29.0. The van der Waals surface area contributed by atoms with E-state index < -0.39 is 27.8 Å². The van der Waals surface area contributed by atoms with Crippen LogP contribution in [-0.2, 0) is 14.8 Å². The summed E-state index contributed by atoms with van der Waals surface area (Å²) in [4.78, 5) is 41.0. The number of anilines is 2. The van der Waals surface area contributed by atoms with E-state index in [2.05, 4.69) is 21.2 Å². The normalized spacial score (nSPS) is 17.7. The number of hydrogen-bond acceptors (Lipinski definition) is 5. The van der Waals surface area contributed by atoms with E-state index >= 15 is 0 Å². The minimum Gasteiger partial charge on any atom is -0.324 e. The zero-order chi connectivity index (χ0) is 28.0. The molecule has 1 N–H and O–H groups in total. The number of rotatable bonds is 5. The van der Waals surface area contributed by atoms with Crippen molar-refractivity contribution >= 4 is 65.8 Å². The quantitative estimate of drug-likeness (QED) is 0.300. The van der Waals surface area contributed by atoms with Gasteiger partial charge in [0.2, 0.25) is 15.9 Å². The molecule has 0 bridgehead atoms. The highest BCUT2D eigenvalue weighted by molar-refractivity contribution is 9.10. The van der Waals surface area contributed by atoms with Crippen LogP contribution < -0.4 is 10.2 Å². The Hall–Kier alpha value is -3.86. The molecule has 6 rings (SSSR count). The van der Waals surface area contributed by atoms with Crippen molar-refractivity contribution in [1.82, 2.24) is 4.31 Å². The predicted molar refractivity (Wildman–Crippen MR) is 156 cm³/mol. The molecule has 10 heteroatoms. The van der Waals surface area contributed by atoms with Gasteiger partial charge in [0.25, 0.3) is 11.8 Å². The molecule has 202 valence electrons. The lowest BCUT2D eigenvalue weighted by atomic mass is 9.98. The number of nitrogens with one attached hydrogen (secondary N) is 1. The van der Waals surface area contributed by atoms with Crippen LogP contribution in [0, 0.1) is 5.92 Å². The number of imide groups is 1. The first-order valence-corrected chi connectivity index (χ1v) is 15.0. The molecule has 1 fully saturated rings. The largest absolute Gasteiger partial charge is 0.324 e. The first kappa shape index (κ1) is 26.4. The molecule has 2 aliphatic heterocycles. The second-order valence-corrected chi connectivity index (χ2v) is 12.7. The van der Waals surface area contributed by atoms with Gasteiger partial charge in [0.15, 0.2) is 0 Å². The van der Waals surface area contributed by atoms with Crippen LogP contribution in [0.3, 0.4) is 0 Å². The number of carbonyl (C=O) groups excluding carboxylic acids is 3. The van der Waals surface area contributed by atoms with Gasteiger partial charge in [-0.3, -0.25) is 14.4 Å². The van der Waals surface area contributed by atoms with E-state index in [0.29, 0.717) is 29.5 Å². The molecule has 1 saturated heterocycles. The minimum atomic E-state index is -3.81. The fraction of sp³-hybridized carbons (Fsp3) is 0.167. The maximum absolute atomic E-state index is 13.5. The van der Waals surface area contributed by atoms with Crippen LogP contribution in [-0.4, -0.2) is 43.5 Å². The lowest BCUT2D eigenvalue weighted by Crippen LogP contribution is -2.43. The van der Waals surface area contributed by atoms with Gasteiger partial charge in [-0.05, 0) is 66.1 Å². The van der Waals surface area contributed by atoms with Crippen LogP contribution in [0.15, 0.2) is 94.3 Å². The highest BCUT2D eigenvalue weighted by atomic mass is 79.9. The molecule has 0 aliphatic carbocycles. The molecule has 1 atom stereocenters. The summed E-state index contributed by atoms with van der Waals surface area (Å²) in [6.45, 7) is 0.352. The number of hydrogen-bond donors (Lipinski definition) is 1. The van der Waals surface area contributed by atoms with Crippen molar-refractivity contribution in [3.8, 4) is 0 Å². The van der Waals surface area contributed by atoms with Crippen LogP contribution >= 0.6 is 15.9 Å². The second-order valence-electron chi connectivity index (χ2n) is 9.85. The molecule has 0 aromatic heterocycles. The Bertz CT molecular complexity index is 1810. The first-order chi connectivity index (χ1) is 19.2. The lowest BCUT2D eigenvalue weighted by Gasteiger charge is -2.31. The molecule has 4 aromatic carbocycles. The fourth-order valence-electron chi connectivity index (χ4n) is 5.29. The van der Waals surface area contributed by atoms with Crippen LogP contribution in [0.25, 0.3) is 10.8 Å². The predicted octanol–water partition coefficient (Wildman–Crippen LogP) is 5.44. The average Bonchev–Trinajstić information content (AvgIpc) is 3.21. The van der Waals surface area contributed by atoms with E-state index in [-0.39, 0.29) is 34.2 Å². The summed E-state index contributed by atoms with van der Waals surface area (Å²) >= 11 is 3.34. The Kier molecular flexibility index (Phi) is 6.77. The monoisotopic (exact) mass is 617 g/mol. The second kappa shape index (κ2) is 10.3. The minimum absolute atomic E-state index is 0.0319. The van der Waals surface area contributed by atoms with E-state index in [1.807, 2.05) is 24.3 Å². The molecular weight excluding hydrogens is 594 g/mol. The molecule has 0 spiro atoms. The van der Waals surface area contributed by atoms with Crippen LogP contribution in [0.4, 0.5) is 11.4 Å². The van der Waals surface area contributed by atoms with E-state index in [4.69, 9.17) is 0 Å². The summed E-state index contributed by atoms with van der Waals surface area (Å²) in [6, 6.07) is 24.1. The lowest BCUT2D eigenvalue weighted by molar-refractivity contribution is -0.120. The summed E-state index contributed by atoms with van der Waals surface area (Å²) in [5.74, 6) is -1.92. The Morgan fingerprint density at radius 1 is 0.850 bits per heavy atom. The van der Waals surface area contributed by atoms with Crippen molar-refractivity contribution in [1.29, 1.82) is 0 Å². The fourth-order valence-corrected chi connectivity index (χ4v) is 7.21. The third-order valence-corrected chi connectivity index (χ3v) is 9.72. The first-order valence-electron chi connectivity index (χ1n) is 12.8. The van der Waals surface area contributed by atoms with Crippen molar-refractivity contribution in [3.05, 3.63) is 101 Å². The Labute approximate surface area is 239 Å². The maximum atomic E-state index is 13.5. The number of sulfonamides is 1. The highest BCUT2D eigenvalue weighted by Crippen LogP contribution is 2.35. The molecule has 0 saturated carbocycles. The molecule has 0 radical (unpaired) electrons. The number of fused-ring (bicyclic) bond motifs is 2. The van der Waals surface area contributed by atoms with Crippen molar-refractivity contribution in [2.24, 2.45) is 5.92 Å². The molecule has 3 amide bonds. The Balaban J connectivity index is 1.22. The van der Waals surface area contributed by atoms with Gasteiger partial charge in [-0.25, -0.2) is 13.3 Å². The Morgan fingerprint density at radius 3 is 2.40 bits per heavy atom. The number of para-hydroxylation sites is 2. The number of benzene rings is 4. The molecule has 1 unspecified atom stereocenters. The van der Waals surface area contributed by atoms with Crippen molar-refractivity contribution in [2.75, 3.05) is 23.3 Å². The Morgan fingerprint density at radius 2 is 1.57 bits per heavy atom. The number of nitrogens with zero attached hydrogens (tertiary/aromatic N) is 2. The molecule has 8 nitrogen and oxygen atoms in total. The van der Waals surface area contributed by atoms with Gasteiger partial charge >= 0.3 is 0 Å². The molecule has 4 aromatic rings. The van der Waals surface area contributed by atoms with E-state index in [9.17, 15) is 22.8 Å². The van der Waals surface area contributed by atoms with Crippen LogP contribution in [0.1, 0.15) is 33.6 Å². The SMILES string of the molecule is O=C(Nc1ccccc1N1C(=O)c2ccc(Br)cc2C1=O)C1CCCN(S(=O)(=O)c2ccc3ccccc3c2)C1. The maximum Gasteiger partial charge on any atom is 0.266 e. The van der Waals surface area contributed by atoms with Gasteiger partial charge in [-0.2, -0.15) is 4.31 Å². The highest BCUT2D eigenvalue weighted by Gasteiger charge is 2.39. The van der Waals surface area contributed by atoms with E-state index in [1.165, 1.54) is 4.31 Å². The van der Waals surface area contributed by atoms with E-state index in [1.54, 1.807) is 60.7 Å². The molecule has 40 heavy (non-hydrogen) atoms. The molecular formula is C30H24BrN3O5S. The van der Waals surface area contributed by atoms with Gasteiger partial charge in [0.05, 0.1) is 33.3 Å². The molecule has 2 aliphatic rings. The summed E-state index contributed by atoms with van der Waals surface area (Å²) in [5.41, 5.74) is 1.13. The van der Waals surface area contributed by atoms with Gasteiger partial charge in [-0.1, -0.05) is 58.4 Å². The number of piperidine rings is 1. The zero-order valence-electron chi connectivity index (χ0n) is 21.2. The summed E-state index contributed by atoms with van der Waals surface area (Å²) in [6.07, 6.45) is 1.04. The smallest absolute Gasteiger partial charge is 0.266 e.